The van der Waals surface area contributed by atoms with Gasteiger partial charge in [-0.2, -0.15) is 0 Å². The Labute approximate surface area is 147 Å². The molecule has 0 saturated heterocycles. The molecular formula is C20H23NO4. The number of hydrogen-bond acceptors (Lipinski definition) is 3. The van der Waals surface area contributed by atoms with Crippen LogP contribution in [0.5, 0.6) is 0 Å². The number of hydrogen-bond donors (Lipinski definition) is 1. The van der Waals surface area contributed by atoms with E-state index < -0.39 is 5.97 Å². The van der Waals surface area contributed by atoms with Crippen molar-refractivity contribution < 1.29 is 19.4 Å². The fourth-order valence-corrected chi connectivity index (χ4v) is 2.46. The van der Waals surface area contributed by atoms with Crippen molar-refractivity contribution in [3.05, 3.63) is 66.2 Å². The molecule has 0 spiro atoms. The molecule has 0 saturated carbocycles. The second-order valence-electron chi connectivity index (χ2n) is 5.66. The molecule has 5 nitrogen and oxygen atoms in total. The van der Waals surface area contributed by atoms with Crippen molar-refractivity contribution in [2.24, 2.45) is 0 Å². The second-order valence-corrected chi connectivity index (χ2v) is 5.66. The third-order valence-corrected chi connectivity index (χ3v) is 3.72. The van der Waals surface area contributed by atoms with Gasteiger partial charge >= 0.3 is 5.97 Å². The molecule has 0 fully saturated rings. The van der Waals surface area contributed by atoms with Crippen molar-refractivity contribution in [3.8, 4) is 0 Å². The van der Waals surface area contributed by atoms with Crippen LogP contribution in [0.2, 0.25) is 0 Å². The highest BCUT2D eigenvalue weighted by Crippen LogP contribution is 2.15. The van der Waals surface area contributed by atoms with Gasteiger partial charge in [0.2, 0.25) is 5.91 Å². The Morgan fingerprint density at radius 3 is 2.20 bits per heavy atom. The van der Waals surface area contributed by atoms with E-state index in [4.69, 9.17) is 9.84 Å². The SMILES string of the molecule is O=C(O)CN(C(=O)CCCOCCc1ccccc1)c1ccccc1. The van der Waals surface area contributed by atoms with Crippen LogP contribution in [0, 0.1) is 0 Å². The maximum absolute atomic E-state index is 12.3. The molecule has 1 N–H and O–H groups in total. The lowest BCUT2D eigenvalue weighted by Crippen LogP contribution is -2.35. The molecule has 0 aliphatic carbocycles. The molecule has 0 unspecified atom stereocenters. The average molecular weight is 341 g/mol. The molecule has 0 atom stereocenters. The highest BCUT2D eigenvalue weighted by molar-refractivity contribution is 5.97. The third kappa shape index (κ3) is 6.77. The molecule has 0 heterocycles. The molecule has 2 rings (SSSR count). The van der Waals surface area contributed by atoms with E-state index in [1.807, 2.05) is 24.3 Å². The monoisotopic (exact) mass is 341 g/mol. The van der Waals surface area contributed by atoms with E-state index in [0.717, 1.165) is 6.42 Å². The second kappa shape index (κ2) is 10.3. The summed E-state index contributed by atoms with van der Waals surface area (Å²) < 4.78 is 5.57. The van der Waals surface area contributed by atoms with Crippen molar-refractivity contribution in [2.75, 3.05) is 24.7 Å². The number of carbonyl (C=O) groups is 2. The number of anilines is 1. The van der Waals surface area contributed by atoms with Crippen LogP contribution in [0.1, 0.15) is 18.4 Å². The first-order valence-electron chi connectivity index (χ1n) is 8.35. The molecule has 1 amide bonds. The van der Waals surface area contributed by atoms with E-state index >= 15 is 0 Å². The van der Waals surface area contributed by atoms with Gasteiger partial charge in [-0.3, -0.25) is 9.59 Å². The lowest BCUT2D eigenvalue weighted by Gasteiger charge is -2.20. The van der Waals surface area contributed by atoms with Crippen LogP contribution < -0.4 is 4.90 Å². The molecule has 2 aromatic rings. The summed E-state index contributed by atoms with van der Waals surface area (Å²) >= 11 is 0. The molecule has 0 aromatic heterocycles. The van der Waals surface area contributed by atoms with Crippen LogP contribution >= 0.6 is 0 Å². The van der Waals surface area contributed by atoms with Gasteiger partial charge in [-0.15, -0.1) is 0 Å². The van der Waals surface area contributed by atoms with Gasteiger partial charge in [-0.05, 0) is 30.5 Å². The maximum Gasteiger partial charge on any atom is 0.323 e. The number of carboxylic acid groups (broad SMARTS) is 1. The molecular weight excluding hydrogens is 318 g/mol. The van der Waals surface area contributed by atoms with Crippen molar-refractivity contribution in [1.29, 1.82) is 0 Å². The van der Waals surface area contributed by atoms with Crippen molar-refractivity contribution in [1.82, 2.24) is 0 Å². The standard InChI is InChI=1S/C20H23NO4/c22-19(21(16-20(23)24)18-10-5-2-6-11-18)12-7-14-25-15-13-17-8-3-1-4-9-17/h1-6,8-11H,7,12-16H2,(H,23,24). The molecule has 132 valence electrons. The van der Waals surface area contributed by atoms with Crippen molar-refractivity contribution in [2.45, 2.75) is 19.3 Å². The van der Waals surface area contributed by atoms with E-state index in [1.165, 1.54) is 10.5 Å². The number of ether oxygens (including phenoxy) is 1. The zero-order valence-corrected chi connectivity index (χ0v) is 14.1. The molecule has 0 radical (unpaired) electrons. The number of amides is 1. The Balaban J connectivity index is 1.72. The summed E-state index contributed by atoms with van der Waals surface area (Å²) in [6.07, 6.45) is 1.66. The van der Waals surface area contributed by atoms with Crippen LogP contribution in [0.15, 0.2) is 60.7 Å². The molecule has 0 aliphatic heterocycles. The lowest BCUT2D eigenvalue weighted by atomic mass is 10.2. The van der Waals surface area contributed by atoms with Gasteiger partial charge in [0, 0.05) is 18.7 Å². The van der Waals surface area contributed by atoms with E-state index in [2.05, 4.69) is 12.1 Å². The van der Waals surface area contributed by atoms with Gasteiger partial charge in [0.1, 0.15) is 6.54 Å². The number of para-hydroxylation sites is 1. The summed E-state index contributed by atoms with van der Waals surface area (Å²) in [6.45, 7) is 0.752. The zero-order valence-electron chi connectivity index (χ0n) is 14.1. The molecule has 25 heavy (non-hydrogen) atoms. The Morgan fingerprint density at radius 2 is 1.56 bits per heavy atom. The van der Waals surface area contributed by atoms with E-state index in [0.29, 0.717) is 25.3 Å². The Bertz CT molecular complexity index is 658. The first kappa shape index (κ1) is 18.7. The van der Waals surface area contributed by atoms with Crippen LogP contribution in [0.25, 0.3) is 0 Å². The molecule has 2 aromatic carbocycles. The van der Waals surface area contributed by atoms with E-state index in [1.54, 1.807) is 24.3 Å². The highest BCUT2D eigenvalue weighted by Gasteiger charge is 2.18. The summed E-state index contributed by atoms with van der Waals surface area (Å²) in [5, 5.41) is 9.03. The Kier molecular flexibility index (Phi) is 7.66. The summed E-state index contributed by atoms with van der Waals surface area (Å²) in [6, 6.07) is 18.9. The molecule has 0 aliphatic rings. The molecule has 0 bridgehead atoms. The number of carbonyl (C=O) groups excluding carboxylic acids is 1. The Hall–Kier alpha value is -2.66. The van der Waals surface area contributed by atoms with Crippen molar-refractivity contribution in [3.63, 3.8) is 0 Å². The van der Waals surface area contributed by atoms with Crippen LogP contribution in [0.4, 0.5) is 5.69 Å². The summed E-state index contributed by atoms with van der Waals surface area (Å²) in [7, 11) is 0. The average Bonchev–Trinajstić information content (AvgIpc) is 2.64. The largest absolute Gasteiger partial charge is 0.480 e. The normalized spacial score (nSPS) is 10.4. The van der Waals surface area contributed by atoms with Gasteiger partial charge < -0.3 is 14.7 Å². The fourth-order valence-electron chi connectivity index (χ4n) is 2.46. The van der Waals surface area contributed by atoms with Crippen LogP contribution in [-0.2, 0) is 20.7 Å². The van der Waals surface area contributed by atoms with Gasteiger partial charge in [0.15, 0.2) is 0 Å². The minimum absolute atomic E-state index is 0.208. The van der Waals surface area contributed by atoms with Gasteiger partial charge in [-0.25, -0.2) is 0 Å². The number of aliphatic carboxylic acids is 1. The lowest BCUT2D eigenvalue weighted by molar-refractivity contribution is -0.136. The maximum atomic E-state index is 12.3. The van der Waals surface area contributed by atoms with Gasteiger partial charge in [0.05, 0.1) is 6.61 Å². The van der Waals surface area contributed by atoms with E-state index in [9.17, 15) is 9.59 Å². The summed E-state index contributed by atoms with van der Waals surface area (Å²) in [4.78, 5) is 24.7. The van der Waals surface area contributed by atoms with Gasteiger partial charge in [-0.1, -0.05) is 48.5 Å². The Morgan fingerprint density at radius 1 is 0.920 bits per heavy atom. The minimum Gasteiger partial charge on any atom is -0.480 e. The zero-order chi connectivity index (χ0) is 17.9. The van der Waals surface area contributed by atoms with Gasteiger partial charge in [0.25, 0.3) is 0 Å². The summed E-state index contributed by atoms with van der Waals surface area (Å²) in [5.41, 5.74) is 1.81. The number of benzene rings is 2. The first-order chi connectivity index (χ1) is 12.2. The first-order valence-corrected chi connectivity index (χ1v) is 8.35. The number of carboxylic acids is 1. The predicted molar refractivity (Wildman–Crippen MR) is 96.6 cm³/mol. The third-order valence-electron chi connectivity index (χ3n) is 3.72. The smallest absolute Gasteiger partial charge is 0.323 e. The molecule has 5 heteroatoms. The van der Waals surface area contributed by atoms with Crippen molar-refractivity contribution >= 4 is 17.6 Å². The minimum atomic E-state index is -1.03. The number of rotatable bonds is 10. The van der Waals surface area contributed by atoms with Crippen LogP contribution in [-0.4, -0.2) is 36.7 Å². The highest BCUT2D eigenvalue weighted by atomic mass is 16.5. The van der Waals surface area contributed by atoms with E-state index in [-0.39, 0.29) is 18.9 Å². The number of nitrogens with zero attached hydrogens (tertiary/aromatic N) is 1. The fraction of sp³-hybridized carbons (Fsp3) is 0.300. The van der Waals surface area contributed by atoms with Crippen LogP contribution in [0.3, 0.4) is 0 Å². The predicted octanol–water partition coefficient (Wildman–Crippen LogP) is 3.14. The summed E-state index contributed by atoms with van der Waals surface area (Å²) in [5.74, 6) is -1.24. The quantitative estimate of drug-likeness (QED) is 0.674. The topological polar surface area (TPSA) is 66.8 Å².